The van der Waals surface area contributed by atoms with Crippen molar-refractivity contribution in [1.82, 2.24) is 10.2 Å². The number of H-pyrrole nitrogens is 1. The van der Waals surface area contributed by atoms with Crippen molar-refractivity contribution in [2.75, 3.05) is 10.0 Å². The van der Waals surface area contributed by atoms with Gasteiger partial charge in [0, 0.05) is 17.3 Å². The molecule has 1 amide bonds. The molecule has 2 aromatic carbocycles. The van der Waals surface area contributed by atoms with Gasteiger partial charge in [-0.3, -0.25) is 14.6 Å². The van der Waals surface area contributed by atoms with Gasteiger partial charge in [-0.2, -0.15) is 5.10 Å². The molecule has 9 heteroatoms. The Bertz CT molecular complexity index is 1230. The standard InChI is InChI=1S/C20H16N4O3S2/c25-20(21-19-13-17(22-23-19)18-10-5-11-28-18)14-6-4-7-15(12-14)24-29(26,27)16-8-2-1-3-9-16/h1-13,24H,(H2,21,22,23,25). The molecule has 0 unspecified atom stereocenters. The average molecular weight is 425 g/mol. The minimum Gasteiger partial charge on any atom is -0.305 e. The van der Waals surface area contributed by atoms with E-state index in [2.05, 4.69) is 20.2 Å². The second-order valence-corrected chi connectivity index (χ2v) is 8.73. The summed E-state index contributed by atoms with van der Waals surface area (Å²) < 4.78 is 27.4. The highest BCUT2D eigenvalue weighted by atomic mass is 32.2. The van der Waals surface area contributed by atoms with Gasteiger partial charge in [-0.05, 0) is 41.8 Å². The number of amides is 1. The van der Waals surface area contributed by atoms with Crippen molar-refractivity contribution in [2.45, 2.75) is 4.90 Å². The highest BCUT2D eigenvalue weighted by Crippen LogP contribution is 2.24. The number of rotatable bonds is 6. The van der Waals surface area contributed by atoms with Crippen LogP contribution >= 0.6 is 11.3 Å². The number of aromatic nitrogens is 2. The van der Waals surface area contributed by atoms with E-state index in [4.69, 9.17) is 0 Å². The van der Waals surface area contributed by atoms with Crippen molar-refractivity contribution >= 4 is 38.8 Å². The predicted molar refractivity (Wildman–Crippen MR) is 114 cm³/mol. The number of thiophene rings is 1. The van der Waals surface area contributed by atoms with E-state index in [0.717, 1.165) is 10.6 Å². The maximum atomic E-state index is 12.6. The molecule has 4 aromatic rings. The summed E-state index contributed by atoms with van der Waals surface area (Å²) in [5.74, 6) is -0.0105. The summed E-state index contributed by atoms with van der Waals surface area (Å²) >= 11 is 1.56. The van der Waals surface area contributed by atoms with Crippen LogP contribution in [0.5, 0.6) is 0 Å². The van der Waals surface area contributed by atoms with Gasteiger partial charge in [-0.1, -0.05) is 30.3 Å². The lowest BCUT2D eigenvalue weighted by molar-refractivity contribution is 0.102. The molecule has 0 fully saturated rings. The molecule has 0 aliphatic rings. The largest absolute Gasteiger partial charge is 0.305 e. The fourth-order valence-corrected chi connectivity index (χ4v) is 4.43. The average Bonchev–Trinajstić information content (AvgIpc) is 3.40. The Kier molecular flexibility index (Phi) is 5.15. The highest BCUT2D eigenvalue weighted by molar-refractivity contribution is 7.92. The van der Waals surface area contributed by atoms with E-state index >= 15 is 0 Å². The van der Waals surface area contributed by atoms with Crippen LogP contribution in [0, 0.1) is 0 Å². The third kappa shape index (κ3) is 4.36. The van der Waals surface area contributed by atoms with Crippen LogP contribution in [0.25, 0.3) is 10.6 Å². The molecule has 0 atom stereocenters. The van der Waals surface area contributed by atoms with Crippen LogP contribution in [-0.4, -0.2) is 24.5 Å². The summed E-state index contributed by atoms with van der Waals surface area (Å²) in [6.45, 7) is 0. The molecule has 0 bridgehead atoms. The lowest BCUT2D eigenvalue weighted by Gasteiger charge is -2.09. The van der Waals surface area contributed by atoms with Crippen molar-refractivity contribution in [3.63, 3.8) is 0 Å². The van der Waals surface area contributed by atoms with E-state index < -0.39 is 15.9 Å². The molecule has 29 heavy (non-hydrogen) atoms. The van der Waals surface area contributed by atoms with Gasteiger partial charge in [-0.15, -0.1) is 11.3 Å². The number of sulfonamides is 1. The Hall–Kier alpha value is -3.43. The molecule has 0 saturated heterocycles. The number of anilines is 2. The summed E-state index contributed by atoms with van der Waals surface area (Å²) in [6.07, 6.45) is 0. The number of hydrogen-bond acceptors (Lipinski definition) is 5. The molecule has 2 heterocycles. The summed E-state index contributed by atoms with van der Waals surface area (Å²) in [5.41, 5.74) is 1.40. The van der Waals surface area contributed by atoms with Crippen LogP contribution in [0.3, 0.4) is 0 Å². The molecule has 0 saturated carbocycles. The van der Waals surface area contributed by atoms with E-state index in [-0.39, 0.29) is 4.90 Å². The quantitative estimate of drug-likeness (QED) is 0.432. The van der Waals surface area contributed by atoms with Crippen molar-refractivity contribution in [1.29, 1.82) is 0 Å². The first-order valence-electron chi connectivity index (χ1n) is 8.60. The van der Waals surface area contributed by atoms with Gasteiger partial charge >= 0.3 is 0 Å². The van der Waals surface area contributed by atoms with E-state index in [1.54, 1.807) is 53.8 Å². The monoisotopic (exact) mass is 424 g/mol. The van der Waals surface area contributed by atoms with E-state index in [1.807, 2.05) is 17.5 Å². The van der Waals surface area contributed by atoms with Crippen molar-refractivity contribution in [3.8, 4) is 10.6 Å². The van der Waals surface area contributed by atoms with E-state index in [9.17, 15) is 13.2 Å². The van der Waals surface area contributed by atoms with Crippen LogP contribution in [0.1, 0.15) is 10.4 Å². The van der Waals surface area contributed by atoms with Crippen LogP contribution in [0.4, 0.5) is 11.5 Å². The lowest BCUT2D eigenvalue weighted by atomic mass is 10.2. The Morgan fingerprint density at radius 1 is 0.966 bits per heavy atom. The van der Waals surface area contributed by atoms with Gasteiger partial charge < -0.3 is 5.32 Å². The molecule has 0 aliphatic carbocycles. The summed E-state index contributed by atoms with van der Waals surface area (Å²) in [5, 5.41) is 11.6. The molecule has 146 valence electrons. The van der Waals surface area contributed by atoms with Gasteiger partial charge in [0.15, 0.2) is 5.82 Å². The Morgan fingerprint density at radius 3 is 2.55 bits per heavy atom. The molecule has 4 rings (SSSR count). The molecule has 3 N–H and O–H groups in total. The summed E-state index contributed by atoms with van der Waals surface area (Å²) in [6, 6.07) is 19.9. The van der Waals surface area contributed by atoms with E-state index in [1.165, 1.54) is 18.2 Å². The van der Waals surface area contributed by atoms with Gasteiger partial charge in [0.1, 0.15) is 0 Å². The van der Waals surface area contributed by atoms with Gasteiger partial charge in [0.2, 0.25) is 0 Å². The maximum Gasteiger partial charge on any atom is 0.261 e. The summed E-state index contributed by atoms with van der Waals surface area (Å²) in [4.78, 5) is 13.7. The lowest BCUT2D eigenvalue weighted by Crippen LogP contribution is -2.15. The second kappa shape index (κ2) is 7.90. The third-order valence-corrected chi connectivity index (χ3v) is 6.34. The minimum atomic E-state index is -3.73. The van der Waals surface area contributed by atoms with Crippen LogP contribution in [0.2, 0.25) is 0 Å². The first kappa shape index (κ1) is 18.9. The first-order chi connectivity index (χ1) is 14.0. The molecule has 0 spiro atoms. The first-order valence-corrected chi connectivity index (χ1v) is 11.0. The van der Waals surface area contributed by atoms with Crippen LogP contribution in [-0.2, 0) is 10.0 Å². The molecule has 0 radical (unpaired) electrons. The van der Waals surface area contributed by atoms with Gasteiger partial charge in [0.05, 0.1) is 15.5 Å². The maximum absolute atomic E-state index is 12.6. The number of carbonyl (C=O) groups excluding carboxylic acids is 1. The van der Waals surface area contributed by atoms with Gasteiger partial charge in [-0.25, -0.2) is 8.42 Å². The normalized spacial score (nSPS) is 11.2. The van der Waals surface area contributed by atoms with Crippen LogP contribution in [0.15, 0.2) is 83.1 Å². The molecule has 2 aromatic heterocycles. The van der Waals surface area contributed by atoms with Crippen molar-refractivity contribution in [3.05, 3.63) is 83.7 Å². The predicted octanol–water partition coefficient (Wildman–Crippen LogP) is 4.19. The minimum absolute atomic E-state index is 0.146. The Labute approximate surface area is 171 Å². The molecule has 0 aliphatic heterocycles. The highest BCUT2D eigenvalue weighted by Gasteiger charge is 2.15. The second-order valence-electron chi connectivity index (χ2n) is 6.10. The molecular weight excluding hydrogens is 408 g/mol. The van der Waals surface area contributed by atoms with Crippen molar-refractivity contribution in [2.24, 2.45) is 0 Å². The Morgan fingerprint density at radius 2 is 1.79 bits per heavy atom. The summed E-state index contributed by atoms with van der Waals surface area (Å²) in [7, 11) is -3.73. The third-order valence-electron chi connectivity index (χ3n) is 4.04. The number of benzene rings is 2. The molecule has 7 nitrogen and oxygen atoms in total. The fourth-order valence-electron chi connectivity index (χ4n) is 2.67. The number of hydrogen-bond donors (Lipinski definition) is 3. The number of nitrogens with zero attached hydrogens (tertiary/aromatic N) is 1. The zero-order chi connectivity index (χ0) is 20.3. The number of nitrogens with one attached hydrogen (secondary N) is 3. The Balaban J connectivity index is 1.49. The van der Waals surface area contributed by atoms with E-state index in [0.29, 0.717) is 17.1 Å². The van der Waals surface area contributed by atoms with Crippen LogP contribution < -0.4 is 10.0 Å². The smallest absolute Gasteiger partial charge is 0.261 e. The zero-order valence-electron chi connectivity index (χ0n) is 15.0. The fraction of sp³-hybridized carbons (Fsp3) is 0. The van der Waals surface area contributed by atoms with Gasteiger partial charge in [0.25, 0.3) is 15.9 Å². The zero-order valence-corrected chi connectivity index (χ0v) is 16.6. The number of carbonyl (C=O) groups is 1. The van der Waals surface area contributed by atoms with Crippen molar-refractivity contribution < 1.29 is 13.2 Å². The molecular formula is C20H16N4O3S2. The SMILES string of the molecule is O=C(Nc1cc(-c2cccs2)[nH]n1)c1cccc(NS(=O)(=O)c2ccccc2)c1. The topological polar surface area (TPSA) is 104 Å². The number of aromatic amines is 1.